The van der Waals surface area contributed by atoms with Crippen LogP contribution < -0.4 is 5.32 Å². The van der Waals surface area contributed by atoms with Crippen molar-refractivity contribution >= 4 is 5.71 Å². The third kappa shape index (κ3) is 12.0. The van der Waals surface area contributed by atoms with E-state index in [1.165, 1.54) is 0 Å². The van der Waals surface area contributed by atoms with Crippen molar-refractivity contribution in [3.05, 3.63) is 79.1 Å². The highest BCUT2D eigenvalue weighted by atomic mass is 15.2. The van der Waals surface area contributed by atoms with E-state index in [1.54, 1.807) is 0 Å². The minimum absolute atomic E-state index is 0. The van der Waals surface area contributed by atoms with Crippen LogP contribution in [0, 0.1) is 6.42 Å². The SMILES string of the molecule is C.C=C(/C=C(/C)N=C(C)C)N1CCNCC1.[CH]1\C=C/C=C\C=C\C=C/1. The summed E-state index contributed by atoms with van der Waals surface area (Å²) in [5, 5.41) is 3.32. The molecule has 0 amide bonds. The Morgan fingerprint density at radius 3 is 1.88 bits per heavy atom. The van der Waals surface area contributed by atoms with Gasteiger partial charge in [-0.15, -0.1) is 0 Å². The van der Waals surface area contributed by atoms with Crippen molar-refractivity contribution in [3.63, 3.8) is 0 Å². The summed E-state index contributed by atoms with van der Waals surface area (Å²) >= 11 is 0. The van der Waals surface area contributed by atoms with Gasteiger partial charge >= 0.3 is 0 Å². The Bertz CT molecular complexity index is 530. The highest BCUT2D eigenvalue weighted by Crippen LogP contribution is 2.08. The molecular formula is C22H34N3. The summed E-state index contributed by atoms with van der Waals surface area (Å²) in [5.41, 5.74) is 3.18. The Hall–Kier alpha value is -2.13. The van der Waals surface area contributed by atoms with Crippen molar-refractivity contribution in [3.8, 4) is 0 Å². The van der Waals surface area contributed by atoms with E-state index < -0.39 is 0 Å². The van der Waals surface area contributed by atoms with Crippen LogP contribution in [0.5, 0.6) is 0 Å². The lowest BCUT2D eigenvalue weighted by atomic mass is 10.3. The van der Waals surface area contributed by atoms with Crippen LogP contribution >= 0.6 is 0 Å². The summed E-state index contributed by atoms with van der Waals surface area (Å²) in [4.78, 5) is 6.68. The fraction of sp³-hybridized carbons (Fsp3) is 0.364. The molecule has 1 N–H and O–H groups in total. The van der Waals surface area contributed by atoms with Crippen LogP contribution in [0.1, 0.15) is 28.2 Å². The molecule has 2 rings (SSSR count). The second-order valence-electron chi connectivity index (χ2n) is 5.81. The molecular weight excluding hydrogens is 306 g/mol. The van der Waals surface area contributed by atoms with Gasteiger partial charge in [-0.3, -0.25) is 4.99 Å². The van der Waals surface area contributed by atoms with Crippen LogP contribution in [0.3, 0.4) is 0 Å². The number of nitrogens with zero attached hydrogens (tertiary/aromatic N) is 2. The largest absolute Gasteiger partial charge is 0.369 e. The molecule has 0 aromatic heterocycles. The average Bonchev–Trinajstić information content (AvgIpc) is 2.71. The van der Waals surface area contributed by atoms with E-state index in [0.717, 1.165) is 43.3 Å². The number of rotatable bonds is 3. The topological polar surface area (TPSA) is 27.6 Å². The Balaban J connectivity index is 0.000000495. The monoisotopic (exact) mass is 340 g/mol. The molecule has 3 nitrogen and oxygen atoms in total. The van der Waals surface area contributed by atoms with E-state index in [0.29, 0.717) is 0 Å². The fourth-order valence-electron chi connectivity index (χ4n) is 2.25. The summed E-state index contributed by atoms with van der Waals surface area (Å²) in [7, 11) is 0. The molecule has 0 bridgehead atoms. The normalized spacial score (nSPS) is 21.7. The smallest absolute Gasteiger partial charge is 0.0392 e. The number of allylic oxidation sites excluding steroid dienone is 10. The number of hydrogen-bond acceptors (Lipinski definition) is 3. The molecule has 2 aliphatic rings. The zero-order valence-electron chi connectivity index (χ0n) is 15.2. The van der Waals surface area contributed by atoms with E-state index in [2.05, 4.69) is 27.9 Å². The zero-order chi connectivity index (χ0) is 17.6. The van der Waals surface area contributed by atoms with Crippen molar-refractivity contribution in [2.75, 3.05) is 26.2 Å². The third-order valence-electron chi connectivity index (χ3n) is 3.30. The maximum Gasteiger partial charge on any atom is 0.0392 e. The first-order valence-electron chi connectivity index (χ1n) is 8.44. The maximum absolute atomic E-state index is 4.39. The van der Waals surface area contributed by atoms with Gasteiger partial charge in [0.05, 0.1) is 0 Å². The number of hydrogen-bond donors (Lipinski definition) is 1. The number of nitrogens with one attached hydrogen (secondary N) is 1. The number of piperazine rings is 1. The van der Waals surface area contributed by atoms with Gasteiger partial charge in [-0.1, -0.05) is 62.6 Å². The molecule has 1 aliphatic carbocycles. The average molecular weight is 341 g/mol. The van der Waals surface area contributed by atoms with Gasteiger partial charge in [-0.05, 0) is 26.8 Å². The van der Waals surface area contributed by atoms with Crippen LogP contribution in [-0.4, -0.2) is 36.8 Å². The van der Waals surface area contributed by atoms with Crippen LogP contribution in [0.2, 0.25) is 0 Å². The predicted molar refractivity (Wildman–Crippen MR) is 114 cm³/mol. The van der Waals surface area contributed by atoms with Crippen LogP contribution in [-0.2, 0) is 0 Å². The lowest BCUT2D eigenvalue weighted by Crippen LogP contribution is -2.42. The molecule has 0 atom stereocenters. The number of aliphatic imine (C=N–C) groups is 1. The fourth-order valence-corrected chi connectivity index (χ4v) is 2.25. The second-order valence-corrected chi connectivity index (χ2v) is 5.81. The predicted octanol–water partition coefficient (Wildman–Crippen LogP) is 4.86. The molecule has 137 valence electrons. The van der Waals surface area contributed by atoms with Crippen molar-refractivity contribution in [2.45, 2.75) is 28.2 Å². The van der Waals surface area contributed by atoms with Crippen LogP contribution in [0.4, 0.5) is 0 Å². The Morgan fingerprint density at radius 2 is 1.40 bits per heavy atom. The molecule has 3 heteroatoms. The van der Waals surface area contributed by atoms with Gasteiger partial charge < -0.3 is 10.2 Å². The van der Waals surface area contributed by atoms with Crippen molar-refractivity contribution in [1.29, 1.82) is 0 Å². The molecule has 0 aromatic rings. The van der Waals surface area contributed by atoms with Crippen molar-refractivity contribution in [1.82, 2.24) is 10.2 Å². The zero-order valence-corrected chi connectivity index (χ0v) is 15.2. The summed E-state index contributed by atoms with van der Waals surface area (Å²) in [5.74, 6) is 0. The first-order valence-corrected chi connectivity index (χ1v) is 8.44. The van der Waals surface area contributed by atoms with E-state index in [9.17, 15) is 0 Å². The molecule has 0 aromatic carbocycles. The summed E-state index contributed by atoms with van der Waals surface area (Å²) < 4.78 is 0. The van der Waals surface area contributed by atoms with Crippen LogP contribution in [0.25, 0.3) is 0 Å². The van der Waals surface area contributed by atoms with Gasteiger partial charge in [0.1, 0.15) is 0 Å². The van der Waals surface area contributed by atoms with E-state index in [-0.39, 0.29) is 7.43 Å². The molecule has 1 fully saturated rings. The van der Waals surface area contributed by atoms with Crippen molar-refractivity contribution in [2.24, 2.45) is 4.99 Å². The Kier molecular flexibility index (Phi) is 13.0. The molecule has 1 heterocycles. The van der Waals surface area contributed by atoms with Crippen molar-refractivity contribution < 1.29 is 0 Å². The quantitative estimate of drug-likeness (QED) is 0.587. The first-order chi connectivity index (χ1) is 11.6. The summed E-state index contributed by atoms with van der Waals surface area (Å²) in [6.07, 6.45) is 20.1. The standard InChI is InChI=1S/C12H21N3.C9H9.CH4/c1-10(2)14-11(3)9-12(4)15-7-5-13-6-8-15;1-2-4-6-8-9-7-5-3-1;/h9,13H,4-8H2,1-3H3;1-9H;1H4/b11-9-;2-1-,5-3-,6-4+,9-8-;. The first kappa shape index (κ1) is 22.9. The van der Waals surface area contributed by atoms with E-state index in [1.807, 2.05) is 75.8 Å². The Labute approximate surface area is 154 Å². The lowest BCUT2D eigenvalue weighted by molar-refractivity contribution is 0.308. The molecule has 0 unspecified atom stereocenters. The lowest BCUT2D eigenvalue weighted by Gasteiger charge is -2.29. The molecule has 0 saturated carbocycles. The van der Waals surface area contributed by atoms with Crippen LogP contribution in [0.15, 0.2) is 77.6 Å². The van der Waals surface area contributed by atoms with Gasteiger partial charge in [-0.25, -0.2) is 0 Å². The minimum atomic E-state index is 0. The molecule has 25 heavy (non-hydrogen) atoms. The molecule has 0 spiro atoms. The highest BCUT2D eigenvalue weighted by molar-refractivity contribution is 5.80. The van der Waals surface area contributed by atoms with Gasteiger partial charge in [0.15, 0.2) is 0 Å². The molecule has 1 radical (unpaired) electrons. The van der Waals surface area contributed by atoms with Gasteiger partial charge in [-0.2, -0.15) is 0 Å². The molecule has 1 aliphatic heterocycles. The summed E-state index contributed by atoms with van der Waals surface area (Å²) in [6.45, 7) is 14.3. The highest BCUT2D eigenvalue weighted by Gasteiger charge is 2.09. The van der Waals surface area contributed by atoms with Gasteiger partial charge in [0.25, 0.3) is 0 Å². The minimum Gasteiger partial charge on any atom is -0.369 e. The third-order valence-corrected chi connectivity index (χ3v) is 3.30. The van der Waals surface area contributed by atoms with E-state index >= 15 is 0 Å². The van der Waals surface area contributed by atoms with Gasteiger partial charge in [0, 0.05) is 49.7 Å². The Morgan fingerprint density at radius 1 is 0.920 bits per heavy atom. The summed E-state index contributed by atoms with van der Waals surface area (Å²) in [6, 6.07) is 0. The van der Waals surface area contributed by atoms with Gasteiger partial charge in [0.2, 0.25) is 0 Å². The van der Waals surface area contributed by atoms with E-state index in [4.69, 9.17) is 0 Å². The second kappa shape index (κ2) is 14.2. The maximum atomic E-state index is 4.39. The molecule has 1 saturated heterocycles.